The van der Waals surface area contributed by atoms with Crippen molar-refractivity contribution in [1.82, 2.24) is 9.97 Å². The Bertz CT molecular complexity index is 442. The van der Waals surface area contributed by atoms with Crippen LogP contribution >= 0.6 is 11.6 Å². The van der Waals surface area contributed by atoms with Gasteiger partial charge in [0.05, 0.1) is 19.5 Å². The maximum Gasteiger partial charge on any atom is 0.155 e. The summed E-state index contributed by atoms with van der Waals surface area (Å²) in [6.45, 7) is 1.69. The molecule has 4 nitrogen and oxygen atoms in total. The third kappa shape index (κ3) is 3.92. The zero-order chi connectivity index (χ0) is 14.5. The number of aromatic nitrogens is 2. The van der Waals surface area contributed by atoms with Crippen LogP contribution < -0.4 is 4.74 Å². The fourth-order valence-electron chi connectivity index (χ4n) is 2.78. The molecule has 20 heavy (non-hydrogen) atoms. The summed E-state index contributed by atoms with van der Waals surface area (Å²) in [4.78, 5) is 19.9. The van der Waals surface area contributed by atoms with Crippen LogP contribution in [0.2, 0.25) is 0 Å². The van der Waals surface area contributed by atoms with Crippen LogP contribution in [0.3, 0.4) is 0 Å². The van der Waals surface area contributed by atoms with Gasteiger partial charge in [-0.15, -0.1) is 11.6 Å². The number of carbonyl (C=O) groups excluding carboxylic acids is 1. The molecule has 2 rings (SSSR count). The first kappa shape index (κ1) is 15.2. The van der Waals surface area contributed by atoms with E-state index in [1.165, 1.54) is 0 Å². The Kier molecular flexibility index (Phi) is 5.35. The summed E-state index contributed by atoms with van der Waals surface area (Å²) in [5.74, 6) is 2.42. The number of ether oxygens (including phenoxy) is 1. The van der Waals surface area contributed by atoms with Crippen LogP contribution in [0.1, 0.15) is 38.4 Å². The van der Waals surface area contributed by atoms with Crippen LogP contribution in [0.25, 0.3) is 0 Å². The second kappa shape index (κ2) is 7.02. The highest BCUT2D eigenvalue weighted by molar-refractivity contribution is 6.20. The lowest BCUT2D eigenvalue weighted by atomic mass is 9.78. The Balaban J connectivity index is 1.85. The lowest BCUT2D eigenvalue weighted by Crippen LogP contribution is -2.26. The summed E-state index contributed by atoms with van der Waals surface area (Å²) in [6.07, 6.45) is 7.97. The molecule has 0 N–H and O–H groups in total. The summed E-state index contributed by atoms with van der Waals surface area (Å²) >= 11 is 6.50. The van der Waals surface area contributed by atoms with E-state index in [1.807, 2.05) is 0 Å². The van der Waals surface area contributed by atoms with Gasteiger partial charge in [0.15, 0.2) is 5.75 Å². The van der Waals surface area contributed by atoms with E-state index < -0.39 is 0 Å². The van der Waals surface area contributed by atoms with Crippen molar-refractivity contribution in [3.8, 4) is 5.75 Å². The van der Waals surface area contributed by atoms with Crippen LogP contribution in [0.15, 0.2) is 12.4 Å². The number of alkyl halides is 1. The molecule has 0 saturated heterocycles. The number of nitrogens with zero attached hydrogens (tertiary/aromatic N) is 2. The highest BCUT2D eigenvalue weighted by Crippen LogP contribution is 2.34. The van der Waals surface area contributed by atoms with E-state index >= 15 is 0 Å². The van der Waals surface area contributed by atoms with Gasteiger partial charge in [-0.1, -0.05) is 0 Å². The number of methoxy groups -OCH3 is 1. The number of halogens is 1. The molecule has 0 aromatic carbocycles. The van der Waals surface area contributed by atoms with Crippen LogP contribution in [-0.4, -0.2) is 28.2 Å². The van der Waals surface area contributed by atoms with Gasteiger partial charge in [-0.2, -0.15) is 0 Å². The Morgan fingerprint density at radius 2 is 1.95 bits per heavy atom. The third-order valence-electron chi connectivity index (χ3n) is 4.15. The van der Waals surface area contributed by atoms with E-state index in [4.69, 9.17) is 16.3 Å². The Morgan fingerprint density at radius 1 is 1.35 bits per heavy atom. The highest BCUT2D eigenvalue weighted by Gasteiger charge is 2.28. The van der Waals surface area contributed by atoms with Gasteiger partial charge in [-0.25, -0.2) is 9.97 Å². The summed E-state index contributed by atoms with van der Waals surface area (Å²) in [6, 6.07) is 0. The minimum absolute atomic E-state index is 0.0382. The van der Waals surface area contributed by atoms with Crippen molar-refractivity contribution in [2.75, 3.05) is 7.11 Å². The molecule has 1 aromatic rings. The van der Waals surface area contributed by atoms with Crippen molar-refractivity contribution < 1.29 is 9.53 Å². The second-order valence-corrected chi connectivity index (χ2v) is 6.04. The minimum atomic E-state index is 0.0382. The van der Waals surface area contributed by atoms with E-state index in [-0.39, 0.29) is 11.3 Å². The van der Waals surface area contributed by atoms with Crippen molar-refractivity contribution in [3.05, 3.63) is 18.2 Å². The minimum Gasteiger partial charge on any atom is -0.494 e. The average Bonchev–Trinajstić information content (AvgIpc) is 2.48. The van der Waals surface area contributed by atoms with Gasteiger partial charge in [-0.3, -0.25) is 4.79 Å². The molecule has 0 radical (unpaired) electrons. The molecule has 1 fully saturated rings. The lowest BCUT2D eigenvalue weighted by Gasteiger charge is -2.29. The molecule has 0 bridgehead atoms. The smallest absolute Gasteiger partial charge is 0.155 e. The molecule has 1 aromatic heterocycles. The van der Waals surface area contributed by atoms with Crippen molar-refractivity contribution in [2.24, 2.45) is 11.8 Å². The van der Waals surface area contributed by atoms with Crippen LogP contribution in [0.4, 0.5) is 0 Å². The zero-order valence-corrected chi connectivity index (χ0v) is 12.8. The van der Waals surface area contributed by atoms with E-state index in [0.29, 0.717) is 23.9 Å². The highest BCUT2D eigenvalue weighted by atomic mass is 35.5. The van der Waals surface area contributed by atoms with Crippen LogP contribution in [0, 0.1) is 11.8 Å². The number of ketones is 1. The second-order valence-electron chi connectivity index (χ2n) is 5.48. The molecule has 5 heteroatoms. The SMILES string of the molecule is COc1cnc(CC(Cl)C2CCC(C(C)=O)CC2)nc1. The molecule has 1 heterocycles. The molecule has 110 valence electrons. The molecule has 1 aliphatic rings. The number of hydrogen-bond acceptors (Lipinski definition) is 4. The van der Waals surface area contributed by atoms with Gasteiger partial charge in [0.25, 0.3) is 0 Å². The van der Waals surface area contributed by atoms with Crippen molar-refractivity contribution in [1.29, 1.82) is 0 Å². The first-order valence-corrected chi connectivity index (χ1v) is 7.53. The number of carbonyl (C=O) groups is 1. The number of rotatable bonds is 5. The fraction of sp³-hybridized carbons (Fsp3) is 0.667. The normalized spacial score (nSPS) is 24.1. The predicted octanol–water partition coefficient (Wildman–Crippen LogP) is 3.03. The number of hydrogen-bond donors (Lipinski definition) is 0. The van der Waals surface area contributed by atoms with Crippen molar-refractivity contribution in [3.63, 3.8) is 0 Å². The first-order valence-electron chi connectivity index (χ1n) is 7.09. The molecule has 0 spiro atoms. The van der Waals surface area contributed by atoms with Gasteiger partial charge in [0.2, 0.25) is 0 Å². The Labute approximate surface area is 124 Å². The Hall–Kier alpha value is -1.16. The maximum absolute atomic E-state index is 11.4. The van der Waals surface area contributed by atoms with Gasteiger partial charge in [0, 0.05) is 17.7 Å². The van der Waals surface area contributed by atoms with E-state index in [0.717, 1.165) is 31.5 Å². The molecular formula is C15H21ClN2O2. The van der Waals surface area contributed by atoms with Crippen LogP contribution in [0.5, 0.6) is 5.75 Å². The monoisotopic (exact) mass is 296 g/mol. The largest absolute Gasteiger partial charge is 0.494 e. The fourth-order valence-corrected chi connectivity index (χ4v) is 3.17. The van der Waals surface area contributed by atoms with Crippen molar-refractivity contribution >= 4 is 17.4 Å². The summed E-state index contributed by atoms with van der Waals surface area (Å²) in [5.41, 5.74) is 0. The zero-order valence-electron chi connectivity index (χ0n) is 12.0. The molecule has 0 aliphatic heterocycles. The van der Waals surface area contributed by atoms with E-state index in [9.17, 15) is 4.79 Å². The van der Waals surface area contributed by atoms with Crippen LogP contribution in [-0.2, 0) is 11.2 Å². The molecule has 0 amide bonds. The molecule has 1 unspecified atom stereocenters. The average molecular weight is 297 g/mol. The summed E-state index contributed by atoms with van der Waals surface area (Å²) < 4.78 is 5.03. The molecule has 1 saturated carbocycles. The molecular weight excluding hydrogens is 276 g/mol. The predicted molar refractivity (Wildman–Crippen MR) is 78.1 cm³/mol. The van der Waals surface area contributed by atoms with Gasteiger partial charge < -0.3 is 4.74 Å². The third-order valence-corrected chi connectivity index (χ3v) is 4.66. The summed E-state index contributed by atoms with van der Waals surface area (Å²) in [7, 11) is 1.59. The first-order chi connectivity index (χ1) is 9.60. The van der Waals surface area contributed by atoms with Gasteiger partial charge in [-0.05, 0) is 38.5 Å². The lowest BCUT2D eigenvalue weighted by molar-refractivity contribution is -0.121. The summed E-state index contributed by atoms with van der Waals surface area (Å²) in [5, 5.41) is 0.0382. The van der Waals surface area contributed by atoms with E-state index in [1.54, 1.807) is 26.4 Å². The molecule has 1 atom stereocenters. The topological polar surface area (TPSA) is 52.1 Å². The number of Topliss-reactive ketones (excluding diaryl/α,β-unsaturated/α-hetero) is 1. The molecule has 1 aliphatic carbocycles. The Morgan fingerprint density at radius 3 is 2.45 bits per heavy atom. The van der Waals surface area contributed by atoms with Gasteiger partial charge in [0.1, 0.15) is 11.6 Å². The van der Waals surface area contributed by atoms with Gasteiger partial charge >= 0.3 is 0 Å². The standard InChI is InChI=1S/C15H21ClN2O2/c1-10(19)11-3-5-12(6-4-11)14(16)7-15-17-8-13(20-2)9-18-15/h8-9,11-12,14H,3-7H2,1-2H3. The van der Waals surface area contributed by atoms with Crippen molar-refractivity contribution in [2.45, 2.75) is 44.4 Å². The maximum atomic E-state index is 11.4. The quantitative estimate of drug-likeness (QED) is 0.784. The van der Waals surface area contributed by atoms with E-state index in [2.05, 4.69) is 9.97 Å².